The van der Waals surface area contributed by atoms with Crippen LogP contribution in [-0.2, 0) is 9.84 Å². The van der Waals surface area contributed by atoms with Crippen molar-refractivity contribution in [1.29, 1.82) is 0 Å². The highest BCUT2D eigenvalue weighted by Crippen LogP contribution is 2.26. The van der Waals surface area contributed by atoms with Gasteiger partial charge in [-0.05, 0) is 42.8 Å². The van der Waals surface area contributed by atoms with Crippen LogP contribution < -0.4 is 0 Å². The van der Waals surface area contributed by atoms with E-state index >= 15 is 0 Å². The molecule has 1 radical (unpaired) electrons. The lowest BCUT2D eigenvalue weighted by atomic mass is 10.2. The Hall–Kier alpha value is -1.03. The largest absolute Gasteiger partial charge is 0.223 e. The van der Waals surface area contributed by atoms with Crippen molar-refractivity contribution in [3.63, 3.8) is 0 Å². The fraction of sp³-hybridized carbons (Fsp3) is 0.0714. The third-order valence-corrected chi connectivity index (χ3v) is 4.66. The van der Waals surface area contributed by atoms with Crippen LogP contribution in [0.15, 0.2) is 47.4 Å². The highest BCUT2D eigenvalue weighted by atomic mass is 35.5. The maximum absolute atomic E-state index is 12.2. The van der Waals surface area contributed by atoms with E-state index in [1.807, 2.05) is 6.92 Å². The van der Waals surface area contributed by atoms with Crippen molar-refractivity contribution in [2.45, 2.75) is 11.8 Å². The maximum Gasteiger partial charge on any atom is 0.187 e. The molecule has 0 fully saturated rings. The molecule has 2 aromatic carbocycles. The fourth-order valence-corrected chi connectivity index (χ4v) is 3.17. The van der Waals surface area contributed by atoms with Crippen molar-refractivity contribution >= 4 is 33.0 Å². The van der Waals surface area contributed by atoms with E-state index in [2.05, 4.69) is 0 Å². The molecular formula is C14H11Cl2O2S. The van der Waals surface area contributed by atoms with Gasteiger partial charge >= 0.3 is 0 Å². The van der Waals surface area contributed by atoms with Crippen LogP contribution in [0.4, 0.5) is 0 Å². The second-order valence-corrected chi connectivity index (χ2v) is 6.78. The molecule has 0 unspecified atom stereocenters. The molecule has 0 aliphatic heterocycles. The highest BCUT2D eigenvalue weighted by molar-refractivity contribution is 7.93. The van der Waals surface area contributed by atoms with E-state index in [-0.39, 0.29) is 4.90 Å². The Morgan fingerprint density at radius 1 is 1.00 bits per heavy atom. The van der Waals surface area contributed by atoms with Crippen LogP contribution in [0.3, 0.4) is 0 Å². The lowest BCUT2D eigenvalue weighted by Crippen LogP contribution is -2.03. The Balaban J connectivity index is 2.36. The number of benzene rings is 2. The van der Waals surface area contributed by atoms with Gasteiger partial charge in [0.15, 0.2) is 9.84 Å². The molecule has 2 rings (SSSR count). The highest BCUT2D eigenvalue weighted by Gasteiger charge is 2.17. The minimum Gasteiger partial charge on any atom is -0.223 e. The minimum atomic E-state index is -3.54. The number of sulfone groups is 1. The summed E-state index contributed by atoms with van der Waals surface area (Å²) in [6, 6.07) is 11.3. The van der Waals surface area contributed by atoms with Gasteiger partial charge in [0.1, 0.15) is 5.75 Å². The molecule has 0 aliphatic rings. The molecule has 0 bridgehead atoms. The van der Waals surface area contributed by atoms with E-state index in [0.29, 0.717) is 15.6 Å². The predicted molar refractivity (Wildman–Crippen MR) is 78.2 cm³/mol. The summed E-state index contributed by atoms with van der Waals surface area (Å²) in [4.78, 5) is 0.231. The fourth-order valence-electron chi connectivity index (χ4n) is 1.57. The normalized spacial score (nSPS) is 11.5. The lowest BCUT2D eigenvalue weighted by Gasteiger charge is -2.06. The molecule has 0 heterocycles. The minimum absolute atomic E-state index is 0.231. The Morgan fingerprint density at radius 3 is 2.26 bits per heavy atom. The van der Waals surface area contributed by atoms with Gasteiger partial charge in [0.25, 0.3) is 0 Å². The number of rotatable bonds is 3. The van der Waals surface area contributed by atoms with Crippen LogP contribution in [0.1, 0.15) is 11.1 Å². The Labute approximate surface area is 122 Å². The zero-order chi connectivity index (χ0) is 14.0. The second-order valence-electron chi connectivity index (χ2n) is 4.14. The van der Waals surface area contributed by atoms with Crippen molar-refractivity contribution in [3.8, 4) is 0 Å². The number of hydrogen-bond acceptors (Lipinski definition) is 2. The van der Waals surface area contributed by atoms with E-state index in [1.165, 1.54) is 6.07 Å². The third kappa shape index (κ3) is 3.50. The monoisotopic (exact) mass is 313 g/mol. The lowest BCUT2D eigenvalue weighted by molar-refractivity contribution is 0.602. The Bertz CT molecular complexity index is 692. The zero-order valence-corrected chi connectivity index (χ0v) is 12.4. The van der Waals surface area contributed by atoms with Crippen molar-refractivity contribution < 1.29 is 8.42 Å². The number of aryl methyl sites for hydroxylation is 1. The first kappa shape index (κ1) is 14.4. The van der Waals surface area contributed by atoms with Crippen LogP contribution in [0, 0.1) is 12.7 Å². The van der Waals surface area contributed by atoms with Crippen LogP contribution in [0.2, 0.25) is 10.0 Å². The average molecular weight is 314 g/mol. The Morgan fingerprint density at radius 2 is 1.63 bits per heavy atom. The molecule has 0 aliphatic carbocycles. The number of halogens is 2. The molecule has 5 heteroatoms. The van der Waals surface area contributed by atoms with Crippen LogP contribution >= 0.6 is 23.2 Å². The zero-order valence-electron chi connectivity index (χ0n) is 10.1. The van der Waals surface area contributed by atoms with Crippen LogP contribution in [0.5, 0.6) is 0 Å². The first-order valence-corrected chi connectivity index (χ1v) is 7.80. The molecule has 0 saturated carbocycles. The summed E-state index contributed by atoms with van der Waals surface area (Å²) in [5.74, 6) is 1.13. The van der Waals surface area contributed by atoms with Gasteiger partial charge in [-0.3, -0.25) is 0 Å². The molecule has 0 saturated heterocycles. The molecule has 0 N–H and O–H groups in total. The molecule has 99 valence electrons. The van der Waals surface area contributed by atoms with Gasteiger partial charge in [0, 0.05) is 10.0 Å². The summed E-state index contributed by atoms with van der Waals surface area (Å²) in [5.41, 5.74) is 1.38. The van der Waals surface area contributed by atoms with Crippen LogP contribution in [-0.4, -0.2) is 8.42 Å². The van der Waals surface area contributed by atoms with Gasteiger partial charge in [-0.25, -0.2) is 8.42 Å². The average Bonchev–Trinajstić information content (AvgIpc) is 2.34. The van der Waals surface area contributed by atoms with Gasteiger partial charge in [0.05, 0.1) is 4.90 Å². The SMILES string of the molecule is Cc1ccc(S(=O)(=O)[CH]c2cc(Cl)ccc2Cl)cc1. The quantitative estimate of drug-likeness (QED) is 0.847. The molecule has 0 atom stereocenters. The van der Waals surface area contributed by atoms with Crippen LogP contribution in [0.25, 0.3) is 0 Å². The van der Waals surface area contributed by atoms with Gasteiger partial charge in [-0.2, -0.15) is 0 Å². The predicted octanol–water partition coefficient (Wildman–Crippen LogP) is 4.29. The van der Waals surface area contributed by atoms with Crippen molar-refractivity contribution in [2.24, 2.45) is 0 Å². The van der Waals surface area contributed by atoms with E-state index < -0.39 is 9.84 Å². The molecule has 19 heavy (non-hydrogen) atoms. The second kappa shape index (κ2) is 5.53. The van der Waals surface area contributed by atoms with E-state index in [1.54, 1.807) is 36.4 Å². The maximum atomic E-state index is 12.2. The van der Waals surface area contributed by atoms with Gasteiger partial charge in [0.2, 0.25) is 0 Å². The van der Waals surface area contributed by atoms with Gasteiger partial charge in [-0.1, -0.05) is 40.9 Å². The smallest absolute Gasteiger partial charge is 0.187 e. The van der Waals surface area contributed by atoms with Crippen molar-refractivity contribution in [1.82, 2.24) is 0 Å². The van der Waals surface area contributed by atoms with E-state index in [4.69, 9.17) is 23.2 Å². The molecule has 0 aromatic heterocycles. The van der Waals surface area contributed by atoms with Gasteiger partial charge in [-0.15, -0.1) is 0 Å². The summed E-state index contributed by atoms with van der Waals surface area (Å²) in [6.45, 7) is 1.90. The summed E-state index contributed by atoms with van der Waals surface area (Å²) >= 11 is 11.8. The summed E-state index contributed by atoms with van der Waals surface area (Å²) in [6.07, 6.45) is 0. The van der Waals surface area contributed by atoms with Crippen molar-refractivity contribution in [3.05, 3.63) is 69.4 Å². The first-order valence-electron chi connectivity index (χ1n) is 5.50. The first-order chi connectivity index (χ1) is 8.88. The number of hydrogen-bond donors (Lipinski definition) is 0. The molecular weight excluding hydrogens is 303 g/mol. The molecule has 0 spiro atoms. The molecule has 2 aromatic rings. The Kier molecular flexibility index (Phi) is 4.19. The summed E-state index contributed by atoms with van der Waals surface area (Å²) in [5, 5.41) is 0.787. The summed E-state index contributed by atoms with van der Waals surface area (Å²) < 4.78 is 24.4. The topological polar surface area (TPSA) is 34.1 Å². The van der Waals surface area contributed by atoms with E-state index in [9.17, 15) is 8.42 Å². The van der Waals surface area contributed by atoms with Crippen molar-refractivity contribution in [2.75, 3.05) is 0 Å². The summed E-state index contributed by atoms with van der Waals surface area (Å²) in [7, 11) is -3.54. The standard InChI is InChI=1S/C14H11Cl2O2S/c1-10-2-5-13(6-3-10)19(17,18)9-11-8-12(15)4-7-14(11)16/h2-9H,1H3. The van der Waals surface area contributed by atoms with E-state index in [0.717, 1.165) is 11.3 Å². The molecule has 2 nitrogen and oxygen atoms in total. The van der Waals surface area contributed by atoms with Gasteiger partial charge < -0.3 is 0 Å². The third-order valence-electron chi connectivity index (χ3n) is 2.59. The molecule has 0 amide bonds.